The zero-order chi connectivity index (χ0) is 30.2. The van der Waals surface area contributed by atoms with E-state index in [1.807, 2.05) is 28.8 Å². The maximum atomic E-state index is 14.0. The number of ether oxygens (including phenoxy) is 2. The number of rotatable bonds is 19. The molecule has 5 nitrogen and oxygen atoms in total. The highest BCUT2D eigenvalue weighted by molar-refractivity contribution is 5.90. The highest BCUT2D eigenvalue weighted by Crippen LogP contribution is 2.35. The van der Waals surface area contributed by atoms with Crippen molar-refractivity contribution in [3.63, 3.8) is 0 Å². The lowest BCUT2D eigenvalue weighted by Crippen LogP contribution is -2.24. The average molecular weight is 571 g/mol. The molecule has 0 bridgehead atoms. The van der Waals surface area contributed by atoms with Gasteiger partial charge in [-0.1, -0.05) is 99.2 Å². The monoisotopic (exact) mass is 570 g/mol. The maximum absolute atomic E-state index is 14.0. The first-order valence-corrected chi connectivity index (χ1v) is 15.6. The highest BCUT2D eigenvalue weighted by atomic mass is 16.5. The molecule has 1 heterocycles. The molecule has 0 saturated carbocycles. The van der Waals surface area contributed by atoms with Crippen molar-refractivity contribution < 1.29 is 9.47 Å². The third-order valence-electron chi connectivity index (χ3n) is 7.35. The number of benzene rings is 2. The zero-order valence-electron chi connectivity index (χ0n) is 26.2. The van der Waals surface area contributed by atoms with Crippen LogP contribution in [0.5, 0.6) is 11.5 Å². The molecule has 42 heavy (non-hydrogen) atoms. The second-order valence-electron chi connectivity index (χ2n) is 11.2. The van der Waals surface area contributed by atoms with Crippen LogP contribution >= 0.6 is 0 Å². The van der Waals surface area contributed by atoms with Crippen LogP contribution in [0.25, 0.3) is 10.9 Å². The first kappa shape index (κ1) is 32.8. The van der Waals surface area contributed by atoms with Gasteiger partial charge >= 0.3 is 0 Å². The van der Waals surface area contributed by atoms with Gasteiger partial charge in [0, 0.05) is 24.2 Å². The van der Waals surface area contributed by atoms with E-state index in [1.54, 1.807) is 6.08 Å². The van der Waals surface area contributed by atoms with Crippen LogP contribution in [0.4, 0.5) is 5.69 Å². The van der Waals surface area contributed by atoms with Crippen LogP contribution in [0.2, 0.25) is 0 Å². The molecular formula is C37H50N2O3. The van der Waals surface area contributed by atoms with Gasteiger partial charge in [0.25, 0.3) is 5.56 Å². The van der Waals surface area contributed by atoms with Gasteiger partial charge in [0.1, 0.15) is 13.2 Å². The number of anilines is 1. The Morgan fingerprint density at radius 1 is 0.905 bits per heavy atom. The molecule has 3 rings (SSSR count). The summed E-state index contributed by atoms with van der Waals surface area (Å²) in [6, 6.07) is 16.5. The van der Waals surface area contributed by atoms with E-state index in [4.69, 9.17) is 9.47 Å². The number of hydrogen-bond acceptors (Lipinski definition) is 4. The Balaban J connectivity index is 1.95. The summed E-state index contributed by atoms with van der Waals surface area (Å²) in [5, 5.41) is 4.40. The molecule has 0 aliphatic carbocycles. The molecule has 0 unspecified atom stereocenters. The summed E-state index contributed by atoms with van der Waals surface area (Å²) >= 11 is 0. The van der Waals surface area contributed by atoms with Crippen LogP contribution in [0.3, 0.4) is 0 Å². The van der Waals surface area contributed by atoms with Crippen LogP contribution in [-0.2, 0) is 13.1 Å². The van der Waals surface area contributed by atoms with Crippen molar-refractivity contribution in [1.29, 1.82) is 0 Å². The Kier molecular flexibility index (Phi) is 14.0. The Hall–Kier alpha value is -3.73. The second-order valence-corrected chi connectivity index (χ2v) is 11.2. The van der Waals surface area contributed by atoms with Crippen molar-refractivity contribution in [3.8, 4) is 11.5 Å². The van der Waals surface area contributed by atoms with E-state index in [0.29, 0.717) is 25.4 Å². The molecule has 0 fully saturated rings. The van der Waals surface area contributed by atoms with E-state index in [1.165, 1.54) is 42.4 Å². The summed E-state index contributed by atoms with van der Waals surface area (Å²) in [5.74, 6) is 0.757. The minimum atomic E-state index is -0.155. The molecule has 0 saturated heterocycles. The number of pyridine rings is 1. The average Bonchev–Trinajstić information content (AvgIpc) is 2.99. The molecule has 2 aromatic carbocycles. The van der Waals surface area contributed by atoms with Crippen LogP contribution in [-0.4, -0.2) is 17.8 Å². The molecule has 1 aromatic heterocycles. The normalized spacial score (nSPS) is 11.4. The van der Waals surface area contributed by atoms with Crippen LogP contribution in [0, 0.1) is 0 Å². The van der Waals surface area contributed by atoms with Crippen molar-refractivity contribution in [2.75, 3.05) is 18.5 Å². The summed E-state index contributed by atoms with van der Waals surface area (Å²) in [6.07, 6.45) is 14.9. The van der Waals surface area contributed by atoms with Gasteiger partial charge in [0.05, 0.1) is 5.52 Å². The van der Waals surface area contributed by atoms with Gasteiger partial charge in [-0.05, 0) is 69.9 Å². The van der Waals surface area contributed by atoms with Gasteiger partial charge in [-0.3, -0.25) is 4.79 Å². The van der Waals surface area contributed by atoms with Crippen LogP contribution in [0.15, 0.2) is 89.3 Å². The fourth-order valence-electron chi connectivity index (χ4n) is 4.95. The number of aryl methyl sites for hydroxylation is 1. The standard InChI is InChI=1S/C37H50N2O3/c1-6-8-9-10-11-15-24-39-34-27-32(38-28-31-19-13-12-14-20-31)21-22-33(34)35(36(37(39)40)41-25-7-2)42-26-23-30(5)18-16-17-29(3)4/h7,12-14,17,19-23,27,38H,2,6,8-11,15-16,18,24-26,28H2,1,3-5H3. The quantitative estimate of drug-likeness (QED) is 0.115. The van der Waals surface area contributed by atoms with E-state index < -0.39 is 0 Å². The summed E-state index contributed by atoms with van der Waals surface area (Å²) in [5.41, 5.74) is 5.45. The van der Waals surface area contributed by atoms with Crippen molar-refractivity contribution in [2.24, 2.45) is 0 Å². The summed E-state index contributed by atoms with van der Waals surface area (Å²) in [6.45, 7) is 14.3. The number of aromatic nitrogens is 1. The van der Waals surface area contributed by atoms with Gasteiger partial charge in [-0.25, -0.2) is 0 Å². The molecule has 0 atom stereocenters. The minimum Gasteiger partial charge on any atom is -0.485 e. The SMILES string of the molecule is C=CCOc1c(OCC=C(C)CCC=C(C)C)c2ccc(NCc3ccccc3)cc2n(CCCCCCCC)c1=O. The highest BCUT2D eigenvalue weighted by Gasteiger charge is 2.20. The molecule has 0 aliphatic rings. The van der Waals surface area contributed by atoms with Gasteiger partial charge in [-0.15, -0.1) is 0 Å². The van der Waals surface area contributed by atoms with Gasteiger partial charge in [0.2, 0.25) is 5.75 Å². The third kappa shape index (κ3) is 10.3. The Bertz CT molecular complexity index is 1380. The number of nitrogens with zero attached hydrogens (tertiary/aromatic N) is 1. The fraction of sp³-hybridized carbons (Fsp3) is 0.432. The lowest BCUT2D eigenvalue weighted by molar-refractivity contribution is 0.304. The molecule has 0 amide bonds. The molecule has 5 heteroatoms. The van der Waals surface area contributed by atoms with E-state index in [0.717, 1.165) is 42.3 Å². The zero-order valence-corrected chi connectivity index (χ0v) is 26.2. The topological polar surface area (TPSA) is 52.5 Å². The predicted octanol–water partition coefficient (Wildman–Crippen LogP) is 9.61. The van der Waals surface area contributed by atoms with Crippen LogP contribution in [0.1, 0.15) is 84.6 Å². The third-order valence-corrected chi connectivity index (χ3v) is 7.35. The summed E-state index contributed by atoms with van der Waals surface area (Å²) in [4.78, 5) is 14.0. The molecule has 1 N–H and O–H groups in total. The van der Waals surface area contributed by atoms with E-state index in [9.17, 15) is 4.79 Å². The fourth-order valence-corrected chi connectivity index (χ4v) is 4.95. The first-order chi connectivity index (χ1) is 20.4. The molecular weight excluding hydrogens is 520 g/mol. The molecule has 0 spiro atoms. The van der Waals surface area contributed by atoms with Gasteiger partial charge in [-0.2, -0.15) is 0 Å². The lowest BCUT2D eigenvalue weighted by atomic mass is 10.1. The van der Waals surface area contributed by atoms with Crippen molar-refractivity contribution in [3.05, 3.63) is 100 Å². The van der Waals surface area contributed by atoms with Crippen LogP contribution < -0.4 is 20.3 Å². The predicted molar refractivity (Wildman–Crippen MR) is 179 cm³/mol. The lowest BCUT2D eigenvalue weighted by Gasteiger charge is -2.19. The number of fused-ring (bicyclic) bond motifs is 1. The largest absolute Gasteiger partial charge is 0.485 e. The smallest absolute Gasteiger partial charge is 0.297 e. The molecule has 0 radical (unpaired) electrons. The second kappa shape index (κ2) is 17.9. The number of nitrogens with one attached hydrogen (secondary N) is 1. The Morgan fingerprint density at radius 2 is 1.64 bits per heavy atom. The first-order valence-electron chi connectivity index (χ1n) is 15.6. The minimum absolute atomic E-state index is 0.155. The Morgan fingerprint density at radius 3 is 2.38 bits per heavy atom. The summed E-state index contributed by atoms with van der Waals surface area (Å²) < 4.78 is 14.2. The van der Waals surface area contributed by atoms with Gasteiger partial charge in [0.15, 0.2) is 5.75 Å². The number of allylic oxidation sites excluding steroid dienone is 3. The van der Waals surface area contributed by atoms with E-state index >= 15 is 0 Å². The van der Waals surface area contributed by atoms with E-state index in [2.05, 4.69) is 76.0 Å². The number of unbranched alkanes of at least 4 members (excludes halogenated alkanes) is 5. The number of hydrogen-bond donors (Lipinski definition) is 1. The van der Waals surface area contributed by atoms with Crippen molar-refractivity contribution >= 4 is 16.6 Å². The van der Waals surface area contributed by atoms with Gasteiger partial charge < -0.3 is 19.4 Å². The van der Waals surface area contributed by atoms with Crippen molar-refractivity contribution in [2.45, 2.75) is 92.2 Å². The molecule has 3 aromatic rings. The summed E-state index contributed by atoms with van der Waals surface area (Å²) in [7, 11) is 0. The molecule has 0 aliphatic heterocycles. The molecule has 226 valence electrons. The maximum Gasteiger partial charge on any atom is 0.297 e. The Labute approximate surface area is 252 Å². The van der Waals surface area contributed by atoms with E-state index in [-0.39, 0.29) is 17.9 Å². The van der Waals surface area contributed by atoms with Crippen molar-refractivity contribution in [1.82, 2.24) is 4.57 Å².